The van der Waals surface area contributed by atoms with E-state index in [2.05, 4.69) is 20.6 Å². The zero-order valence-corrected chi connectivity index (χ0v) is 30.0. The van der Waals surface area contributed by atoms with Gasteiger partial charge in [0.15, 0.2) is 11.5 Å². The number of esters is 2. The minimum Gasteiger partial charge on any atom is -0.493 e. The van der Waals surface area contributed by atoms with Gasteiger partial charge in [0.2, 0.25) is 5.91 Å². The molecule has 12 heteroatoms. The van der Waals surface area contributed by atoms with Crippen molar-refractivity contribution >= 4 is 51.9 Å². The Morgan fingerprint density at radius 1 is 0.980 bits per heavy atom. The third-order valence-electron chi connectivity index (χ3n) is 8.43. The molecular weight excluding hydrogens is 648 g/mol. The molecule has 1 aliphatic rings. The monoisotopic (exact) mass is 696 g/mol. The van der Waals surface area contributed by atoms with Gasteiger partial charge in [0.05, 0.1) is 26.3 Å². The molecule has 266 valence electrons. The second-order valence-electron chi connectivity index (χ2n) is 13.4. The van der Waals surface area contributed by atoms with E-state index in [1.807, 2.05) is 32.9 Å². The normalized spacial score (nSPS) is 14.2. The number of halogens is 1. The van der Waals surface area contributed by atoms with Crippen molar-refractivity contribution in [3.63, 3.8) is 0 Å². The van der Waals surface area contributed by atoms with Crippen molar-refractivity contribution in [2.24, 2.45) is 5.92 Å². The number of nitrogens with zero attached hydrogens (tertiary/aromatic N) is 2. The van der Waals surface area contributed by atoms with Gasteiger partial charge in [-0.3, -0.25) is 9.59 Å². The van der Waals surface area contributed by atoms with E-state index in [4.69, 9.17) is 30.5 Å². The van der Waals surface area contributed by atoms with Crippen LogP contribution >= 0.6 is 11.6 Å². The fourth-order valence-electron chi connectivity index (χ4n) is 6.02. The lowest BCUT2D eigenvalue weighted by Gasteiger charge is -2.25. The first-order valence-corrected chi connectivity index (χ1v) is 17.4. The quantitative estimate of drug-likeness (QED) is 0.114. The molecule has 1 aliphatic carbocycles. The van der Waals surface area contributed by atoms with Gasteiger partial charge in [-0.05, 0) is 76.1 Å². The summed E-state index contributed by atoms with van der Waals surface area (Å²) in [5, 5.41) is 7.51. The van der Waals surface area contributed by atoms with Crippen LogP contribution in [0.15, 0.2) is 36.7 Å². The van der Waals surface area contributed by atoms with Gasteiger partial charge in [-0.1, -0.05) is 49.8 Å². The lowest BCUT2D eigenvalue weighted by atomic mass is 9.85. The van der Waals surface area contributed by atoms with Crippen molar-refractivity contribution in [2.45, 2.75) is 103 Å². The van der Waals surface area contributed by atoms with Crippen LogP contribution < -0.4 is 20.1 Å². The summed E-state index contributed by atoms with van der Waals surface area (Å²) >= 11 is 6.41. The molecule has 49 heavy (non-hydrogen) atoms. The van der Waals surface area contributed by atoms with Crippen molar-refractivity contribution in [2.75, 3.05) is 26.1 Å². The Labute approximate surface area is 293 Å². The summed E-state index contributed by atoms with van der Waals surface area (Å²) in [7, 11) is 2.92. The van der Waals surface area contributed by atoms with Crippen molar-refractivity contribution in [3.05, 3.63) is 47.2 Å². The predicted molar refractivity (Wildman–Crippen MR) is 189 cm³/mol. The maximum Gasteiger partial charge on any atom is 0.328 e. The maximum absolute atomic E-state index is 13.1. The molecule has 0 spiro atoms. The fraction of sp³-hybridized carbons (Fsp3) is 0.541. The molecule has 4 rings (SSSR count). The first-order chi connectivity index (χ1) is 23.5. The molecule has 2 aromatic carbocycles. The van der Waals surface area contributed by atoms with Gasteiger partial charge >= 0.3 is 11.9 Å². The molecule has 2 N–H and O–H groups in total. The number of aryl methyl sites for hydroxylation is 1. The number of carbonyl (C=O) groups excluding carboxylic acids is 3. The summed E-state index contributed by atoms with van der Waals surface area (Å²) < 4.78 is 22.0. The molecule has 1 atom stereocenters. The standard InChI is InChI=1S/C37H49ClN4O7/c1-37(2,3)49-34(44)13-9-10-18-48-32-21-27-29(22-31(32)46-4)39-23-40-35(27)42-28-20-26(38)16-14-25(28)15-17-33(43)41-30(36(45)47-5)19-24-11-7-6-8-12-24/h14,16,20-24,30H,6-13,15,17-19H2,1-5H3,(H,41,43)(H,39,40,42)/t30-/m1/s1. The molecule has 0 aliphatic heterocycles. The van der Waals surface area contributed by atoms with Crippen LogP contribution in [0.3, 0.4) is 0 Å². The number of rotatable bonds is 16. The Balaban J connectivity index is 1.43. The molecule has 1 amide bonds. The summed E-state index contributed by atoms with van der Waals surface area (Å²) in [4.78, 5) is 46.6. The van der Waals surface area contributed by atoms with Crippen LogP contribution in [0.5, 0.6) is 11.5 Å². The van der Waals surface area contributed by atoms with E-state index in [1.54, 1.807) is 25.3 Å². The minimum absolute atomic E-state index is 0.169. The summed E-state index contributed by atoms with van der Waals surface area (Å²) in [6.45, 7) is 5.92. The van der Waals surface area contributed by atoms with Gasteiger partial charge in [-0.2, -0.15) is 0 Å². The molecule has 1 heterocycles. The first-order valence-electron chi connectivity index (χ1n) is 17.1. The van der Waals surface area contributed by atoms with Gasteiger partial charge in [-0.25, -0.2) is 14.8 Å². The number of benzene rings is 2. The van der Waals surface area contributed by atoms with Crippen molar-refractivity contribution in [3.8, 4) is 11.5 Å². The number of carbonyl (C=O) groups is 3. The van der Waals surface area contributed by atoms with Crippen LogP contribution in [0, 0.1) is 5.92 Å². The van der Waals surface area contributed by atoms with Gasteiger partial charge in [0.25, 0.3) is 0 Å². The molecule has 11 nitrogen and oxygen atoms in total. The third-order valence-corrected chi connectivity index (χ3v) is 8.67. The average molecular weight is 697 g/mol. The van der Waals surface area contributed by atoms with Crippen LogP contribution in [0.4, 0.5) is 11.5 Å². The van der Waals surface area contributed by atoms with Crippen LogP contribution in [-0.4, -0.2) is 60.3 Å². The van der Waals surface area contributed by atoms with E-state index in [1.165, 1.54) is 19.9 Å². The van der Waals surface area contributed by atoms with E-state index in [0.717, 1.165) is 31.2 Å². The Morgan fingerprint density at radius 3 is 2.47 bits per heavy atom. The highest BCUT2D eigenvalue weighted by Crippen LogP contribution is 2.36. The second kappa shape index (κ2) is 18.0. The number of hydrogen-bond donors (Lipinski definition) is 2. The van der Waals surface area contributed by atoms with E-state index in [9.17, 15) is 14.4 Å². The van der Waals surface area contributed by atoms with E-state index in [-0.39, 0.29) is 18.3 Å². The Hall–Kier alpha value is -4.12. The molecule has 0 radical (unpaired) electrons. The number of methoxy groups -OCH3 is 2. The zero-order chi connectivity index (χ0) is 35.4. The summed E-state index contributed by atoms with van der Waals surface area (Å²) in [6.07, 6.45) is 9.86. The van der Waals surface area contributed by atoms with Gasteiger partial charge in [0.1, 0.15) is 23.8 Å². The van der Waals surface area contributed by atoms with Crippen molar-refractivity contribution in [1.82, 2.24) is 15.3 Å². The predicted octanol–water partition coefficient (Wildman–Crippen LogP) is 7.49. The number of aromatic nitrogens is 2. The average Bonchev–Trinajstić information content (AvgIpc) is 3.06. The van der Waals surface area contributed by atoms with E-state index < -0.39 is 17.6 Å². The molecule has 0 unspecified atom stereocenters. The molecule has 1 saturated carbocycles. The summed E-state index contributed by atoms with van der Waals surface area (Å²) in [6, 6.07) is 8.38. The number of amides is 1. The van der Waals surface area contributed by atoms with Crippen molar-refractivity contribution < 1.29 is 33.3 Å². The molecular formula is C37H49ClN4O7. The first kappa shape index (κ1) is 37.7. The maximum atomic E-state index is 13.1. The highest BCUT2D eigenvalue weighted by Gasteiger charge is 2.26. The van der Waals surface area contributed by atoms with Gasteiger partial charge in [-0.15, -0.1) is 0 Å². The second-order valence-corrected chi connectivity index (χ2v) is 13.9. The number of unbranched alkanes of at least 4 members (excludes halogenated alkanes) is 1. The Bertz CT molecular complexity index is 1590. The molecule has 1 aromatic heterocycles. The number of fused-ring (bicyclic) bond motifs is 1. The largest absolute Gasteiger partial charge is 0.493 e. The van der Waals surface area contributed by atoms with Crippen LogP contribution in [0.25, 0.3) is 10.9 Å². The van der Waals surface area contributed by atoms with E-state index in [0.29, 0.717) is 83.6 Å². The molecule has 3 aromatic rings. The van der Waals surface area contributed by atoms with Crippen molar-refractivity contribution in [1.29, 1.82) is 0 Å². The van der Waals surface area contributed by atoms with Crippen LogP contribution in [-0.2, 0) is 30.3 Å². The minimum atomic E-state index is -0.658. The Morgan fingerprint density at radius 2 is 1.76 bits per heavy atom. The molecule has 0 bridgehead atoms. The highest BCUT2D eigenvalue weighted by molar-refractivity contribution is 6.30. The number of nitrogens with one attached hydrogen (secondary N) is 2. The smallest absolute Gasteiger partial charge is 0.328 e. The summed E-state index contributed by atoms with van der Waals surface area (Å²) in [5.74, 6) is 1.10. The zero-order valence-electron chi connectivity index (χ0n) is 29.2. The Kier molecular flexibility index (Phi) is 13.9. The molecule has 0 saturated heterocycles. The topological polar surface area (TPSA) is 138 Å². The highest BCUT2D eigenvalue weighted by atomic mass is 35.5. The molecule has 1 fully saturated rings. The fourth-order valence-corrected chi connectivity index (χ4v) is 6.19. The summed E-state index contributed by atoms with van der Waals surface area (Å²) in [5.41, 5.74) is 1.67. The number of ether oxygens (including phenoxy) is 4. The van der Waals surface area contributed by atoms with Crippen LogP contribution in [0.1, 0.15) is 90.5 Å². The lowest BCUT2D eigenvalue weighted by Crippen LogP contribution is -2.43. The van der Waals surface area contributed by atoms with Gasteiger partial charge < -0.3 is 29.6 Å². The third kappa shape index (κ3) is 11.8. The number of hydrogen-bond acceptors (Lipinski definition) is 10. The lowest BCUT2D eigenvalue weighted by molar-refractivity contribution is -0.155. The van der Waals surface area contributed by atoms with E-state index >= 15 is 0 Å². The van der Waals surface area contributed by atoms with Crippen LogP contribution in [0.2, 0.25) is 5.02 Å². The van der Waals surface area contributed by atoms with Gasteiger partial charge in [0, 0.05) is 35.0 Å². The number of anilines is 2. The SMILES string of the molecule is COC(=O)[C@@H](CC1CCCCC1)NC(=O)CCc1ccc(Cl)cc1Nc1ncnc2cc(OC)c(OCCCCC(=O)OC(C)(C)C)cc12.